The van der Waals surface area contributed by atoms with Crippen molar-refractivity contribution in [2.24, 2.45) is 0 Å². The third-order valence-electron chi connectivity index (χ3n) is 2.78. The van der Waals surface area contributed by atoms with Gasteiger partial charge >= 0.3 is 0 Å². The normalized spacial score (nSPS) is 13.0. The van der Waals surface area contributed by atoms with Gasteiger partial charge in [-0.3, -0.25) is 0 Å². The van der Waals surface area contributed by atoms with E-state index in [0.29, 0.717) is 6.04 Å². The number of benzene rings is 1. The third-order valence-corrected chi connectivity index (χ3v) is 3.27. The maximum absolute atomic E-state index is 9.85. The van der Waals surface area contributed by atoms with Crippen molar-refractivity contribution in [1.29, 1.82) is 0 Å². The second-order valence-corrected chi connectivity index (χ2v) is 6.55. The topological polar surface area (TPSA) is 50.7 Å². The molecule has 0 aliphatic heterocycles. The summed E-state index contributed by atoms with van der Waals surface area (Å²) in [6, 6.07) is 6.28. The summed E-state index contributed by atoms with van der Waals surface area (Å²) in [6.45, 7) is 9.33. The van der Waals surface area contributed by atoms with Crippen molar-refractivity contribution in [2.45, 2.75) is 52.5 Å². The Kier molecular flexibility index (Phi) is 8.26. The van der Waals surface area contributed by atoms with E-state index in [1.165, 1.54) is 0 Å². The van der Waals surface area contributed by atoms with Gasteiger partial charge in [-0.15, -0.1) is 0 Å². The number of halogens is 1. The molecule has 0 aliphatic rings. The molecule has 0 radical (unpaired) electrons. The van der Waals surface area contributed by atoms with E-state index in [4.69, 9.17) is 9.47 Å². The molecule has 0 fully saturated rings. The molecule has 1 unspecified atom stereocenters. The Hall–Kier alpha value is -0.620. The second kappa shape index (κ2) is 9.41. The molecule has 0 aliphatic carbocycles. The third kappa shape index (κ3) is 7.81. The average Bonchev–Trinajstić information content (AvgIpc) is 2.41. The maximum atomic E-state index is 9.85. The quantitative estimate of drug-likeness (QED) is 0.711. The summed E-state index contributed by atoms with van der Waals surface area (Å²) in [4.78, 5) is 0. The molecule has 1 atom stereocenters. The summed E-state index contributed by atoms with van der Waals surface area (Å²) in [5.74, 6) is 0.787. The highest BCUT2D eigenvalue weighted by Crippen LogP contribution is 2.23. The Morgan fingerprint density at radius 2 is 1.90 bits per heavy atom. The van der Waals surface area contributed by atoms with E-state index in [2.05, 4.69) is 35.1 Å². The zero-order valence-electron chi connectivity index (χ0n) is 13.2. The van der Waals surface area contributed by atoms with Crippen molar-refractivity contribution < 1.29 is 14.6 Å². The van der Waals surface area contributed by atoms with Crippen LogP contribution in [0.15, 0.2) is 22.7 Å². The first kappa shape index (κ1) is 18.4. The molecule has 1 rings (SSSR count). The SMILES string of the molecule is CC(C)NCc1cc(Br)ccc1OCC(O)COC(C)C. The number of nitrogens with one attached hydrogen (secondary N) is 1. The van der Waals surface area contributed by atoms with Crippen LogP contribution in [0.2, 0.25) is 0 Å². The molecule has 1 aromatic carbocycles. The minimum Gasteiger partial charge on any atom is -0.490 e. The van der Waals surface area contributed by atoms with E-state index in [-0.39, 0.29) is 19.3 Å². The highest BCUT2D eigenvalue weighted by atomic mass is 79.9. The second-order valence-electron chi connectivity index (χ2n) is 5.63. The van der Waals surface area contributed by atoms with Crippen molar-refractivity contribution in [3.05, 3.63) is 28.2 Å². The van der Waals surface area contributed by atoms with Crippen molar-refractivity contribution in [1.82, 2.24) is 5.32 Å². The molecular weight excluding hydrogens is 334 g/mol. The Balaban J connectivity index is 2.56. The minimum absolute atomic E-state index is 0.109. The predicted molar refractivity (Wildman–Crippen MR) is 88.7 cm³/mol. The van der Waals surface area contributed by atoms with Crippen LogP contribution >= 0.6 is 15.9 Å². The van der Waals surface area contributed by atoms with Crippen LogP contribution in [0.25, 0.3) is 0 Å². The van der Waals surface area contributed by atoms with Crippen LogP contribution in [0, 0.1) is 0 Å². The fourth-order valence-electron chi connectivity index (χ4n) is 1.68. The van der Waals surface area contributed by atoms with Gasteiger partial charge < -0.3 is 19.9 Å². The molecule has 0 heterocycles. The Morgan fingerprint density at radius 1 is 1.19 bits per heavy atom. The molecule has 5 heteroatoms. The van der Waals surface area contributed by atoms with Crippen molar-refractivity contribution >= 4 is 15.9 Å². The summed E-state index contributed by atoms with van der Waals surface area (Å²) in [5, 5.41) is 13.2. The fourth-order valence-corrected chi connectivity index (χ4v) is 2.09. The van der Waals surface area contributed by atoms with Crippen molar-refractivity contribution in [3.63, 3.8) is 0 Å². The van der Waals surface area contributed by atoms with Gasteiger partial charge in [0.15, 0.2) is 0 Å². The fraction of sp³-hybridized carbons (Fsp3) is 0.625. The molecule has 0 amide bonds. The summed E-state index contributed by atoms with van der Waals surface area (Å²) < 4.78 is 12.1. The van der Waals surface area contributed by atoms with Gasteiger partial charge in [-0.1, -0.05) is 29.8 Å². The van der Waals surface area contributed by atoms with Crippen LogP contribution in [0.3, 0.4) is 0 Å². The molecule has 4 nitrogen and oxygen atoms in total. The van der Waals surface area contributed by atoms with Crippen molar-refractivity contribution in [2.75, 3.05) is 13.2 Å². The minimum atomic E-state index is -0.623. The lowest BCUT2D eigenvalue weighted by atomic mass is 10.2. The largest absolute Gasteiger partial charge is 0.490 e. The van der Waals surface area contributed by atoms with Gasteiger partial charge in [-0.25, -0.2) is 0 Å². The number of aliphatic hydroxyl groups excluding tert-OH is 1. The maximum Gasteiger partial charge on any atom is 0.124 e. The number of aliphatic hydroxyl groups is 1. The summed E-state index contributed by atoms with van der Waals surface area (Å²) >= 11 is 3.47. The lowest BCUT2D eigenvalue weighted by molar-refractivity contribution is -0.0124. The molecule has 0 saturated carbocycles. The van der Waals surface area contributed by atoms with Crippen LogP contribution in [-0.4, -0.2) is 36.6 Å². The molecule has 2 N–H and O–H groups in total. The van der Waals surface area contributed by atoms with Gasteiger partial charge in [0, 0.05) is 22.6 Å². The van der Waals surface area contributed by atoms with E-state index in [9.17, 15) is 5.11 Å². The van der Waals surface area contributed by atoms with Crippen LogP contribution in [0.5, 0.6) is 5.75 Å². The van der Waals surface area contributed by atoms with Crippen LogP contribution in [0.1, 0.15) is 33.3 Å². The van der Waals surface area contributed by atoms with Crippen LogP contribution in [-0.2, 0) is 11.3 Å². The predicted octanol–water partition coefficient (Wildman–Crippen LogP) is 3.11. The van der Waals surface area contributed by atoms with Gasteiger partial charge in [-0.05, 0) is 32.0 Å². The number of hydrogen-bond acceptors (Lipinski definition) is 4. The highest BCUT2D eigenvalue weighted by Gasteiger charge is 2.10. The standard InChI is InChI=1S/C16H26BrNO3/c1-11(2)18-8-13-7-14(17)5-6-16(13)21-10-15(19)9-20-12(3)4/h5-7,11-12,15,18-19H,8-10H2,1-4H3. The number of ether oxygens (including phenoxy) is 2. The van der Waals surface area contributed by atoms with E-state index in [1.54, 1.807) is 0 Å². The number of hydrogen-bond donors (Lipinski definition) is 2. The van der Waals surface area contributed by atoms with Gasteiger partial charge in [-0.2, -0.15) is 0 Å². The lowest BCUT2D eigenvalue weighted by Crippen LogP contribution is -2.26. The highest BCUT2D eigenvalue weighted by molar-refractivity contribution is 9.10. The van der Waals surface area contributed by atoms with Gasteiger partial charge in [0.1, 0.15) is 18.5 Å². The van der Waals surface area contributed by atoms with E-state index in [0.717, 1.165) is 22.3 Å². The molecule has 0 spiro atoms. The molecule has 1 aromatic rings. The number of rotatable bonds is 9. The summed E-state index contributed by atoms with van der Waals surface area (Å²) in [5.41, 5.74) is 1.06. The molecule has 21 heavy (non-hydrogen) atoms. The summed E-state index contributed by atoms with van der Waals surface area (Å²) in [6.07, 6.45) is -0.514. The molecule has 120 valence electrons. The van der Waals surface area contributed by atoms with E-state index >= 15 is 0 Å². The van der Waals surface area contributed by atoms with E-state index < -0.39 is 6.10 Å². The van der Waals surface area contributed by atoms with Crippen molar-refractivity contribution in [3.8, 4) is 5.75 Å². The Bertz CT molecular complexity index is 424. The molecular formula is C16H26BrNO3. The summed E-state index contributed by atoms with van der Waals surface area (Å²) in [7, 11) is 0. The lowest BCUT2D eigenvalue weighted by Gasteiger charge is -2.17. The Labute approximate surface area is 136 Å². The first-order valence-electron chi connectivity index (χ1n) is 7.32. The monoisotopic (exact) mass is 359 g/mol. The average molecular weight is 360 g/mol. The first-order valence-corrected chi connectivity index (χ1v) is 8.12. The molecule has 0 bridgehead atoms. The van der Waals surface area contributed by atoms with Gasteiger partial charge in [0.2, 0.25) is 0 Å². The van der Waals surface area contributed by atoms with Gasteiger partial charge in [0.25, 0.3) is 0 Å². The van der Waals surface area contributed by atoms with Crippen LogP contribution < -0.4 is 10.1 Å². The smallest absolute Gasteiger partial charge is 0.124 e. The van der Waals surface area contributed by atoms with E-state index in [1.807, 2.05) is 32.0 Å². The zero-order chi connectivity index (χ0) is 15.8. The Morgan fingerprint density at radius 3 is 2.52 bits per heavy atom. The van der Waals surface area contributed by atoms with Crippen LogP contribution in [0.4, 0.5) is 0 Å². The molecule has 0 saturated heterocycles. The zero-order valence-corrected chi connectivity index (χ0v) is 14.8. The molecule has 0 aromatic heterocycles. The first-order chi connectivity index (χ1) is 9.88. The van der Waals surface area contributed by atoms with Gasteiger partial charge in [0.05, 0.1) is 12.7 Å².